The molecule has 0 aliphatic rings. The van der Waals surface area contributed by atoms with Crippen molar-refractivity contribution in [2.24, 2.45) is 4.99 Å². The number of H-pyrrole nitrogens is 1. The molecule has 0 spiro atoms. The van der Waals surface area contributed by atoms with Gasteiger partial charge in [-0.05, 0) is 37.1 Å². The van der Waals surface area contributed by atoms with Gasteiger partial charge < -0.3 is 29.0 Å². The van der Waals surface area contributed by atoms with Crippen LogP contribution in [-0.2, 0) is 11.2 Å². The summed E-state index contributed by atoms with van der Waals surface area (Å²) in [6, 6.07) is 14.5. The number of unbranched alkanes of at least 4 members (excludes halogenated alkanes) is 1. The number of nitrogens with one attached hydrogen (secondary N) is 1. The predicted molar refractivity (Wildman–Crippen MR) is 141 cm³/mol. The number of ether oxygens (including phenoxy) is 4. The van der Waals surface area contributed by atoms with Crippen LogP contribution in [0.4, 0.5) is 0 Å². The van der Waals surface area contributed by atoms with Crippen molar-refractivity contribution in [2.75, 3.05) is 27.9 Å². The molecular formula is C28H32N2O6. The fourth-order valence-corrected chi connectivity index (χ4v) is 3.80. The van der Waals surface area contributed by atoms with Crippen LogP contribution in [0.15, 0.2) is 70.7 Å². The Kier molecular flexibility index (Phi) is 9.16. The fourth-order valence-electron chi connectivity index (χ4n) is 3.80. The maximum atomic E-state index is 13.2. The fraction of sp³-hybridized carbons (Fsp3) is 0.286. The Labute approximate surface area is 210 Å². The van der Waals surface area contributed by atoms with Crippen molar-refractivity contribution >= 4 is 5.90 Å². The monoisotopic (exact) mass is 492 g/mol. The molecule has 8 nitrogen and oxygen atoms in total. The van der Waals surface area contributed by atoms with E-state index in [0.29, 0.717) is 40.5 Å². The van der Waals surface area contributed by atoms with Crippen LogP contribution in [0.1, 0.15) is 31.0 Å². The van der Waals surface area contributed by atoms with Gasteiger partial charge in [-0.1, -0.05) is 44.2 Å². The van der Waals surface area contributed by atoms with Crippen LogP contribution in [0.3, 0.4) is 0 Å². The van der Waals surface area contributed by atoms with Gasteiger partial charge in [-0.15, -0.1) is 0 Å². The van der Waals surface area contributed by atoms with Crippen LogP contribution in [0.25, 0.3) is 11.1 Å². The number of aromatic amines is 1. The number of methoxy groups -OCH3 is 2. The van der Waals surface area contributed by atoms with E-state index in [0.717, 1.165) is 12.8 Å². The normalized spacial score (nSPS) is 11.2. The third-order valence-corrected chi connectivity index (χ3v) is 5.53. The maximum absolute atomic E-state index is 13.2. The van der Waals surface area contributed by atoms with Crippen LogP contribution >= 0.6 is 0 Å². The lowest BCUT2D eigenvalue weighted by atomic mass is 9.95. The number of nitrogens with zero attached hydrogens (tertiary/aromatic N) is 1. The van der Waals surface area contributed by atoms with Crippen molar-refractivity contribution < 1.29 is 24.1 Å². The number of aryl methyl sites for hydroxylation is 1. The quantitative estimate of drug-likeness (QED) is 0.220. The summed E-state index contributed by atoms with van der Waals surface area (Å²) < 4.78 is 22.6. The van der Waals surface area contributed by atoms with Gasteiger partial charge in [-0.2, -0.15) is 0 Å². The molecule has 0 atom stereocenters. The molecule has 0 fully saturated rings. The van der Waals surface area contributed by atoms with Gasteiger partial charge in [0, 0.05) is 12.7 Å². The number of hydrogen-bond acceptors (Lipinski definition) is 7. The zero-order chi connectivity index (χ0) is 26.1. The van der Waals surface area contributed by atoms with E-state index in [1.807, 2.05) is 18.2 Å². The first-order valence-electron chi connectivity index (χ1n) is 11.6. The van der Waals surface area contributed by atoms with E-state index >= 15 is 0 Å². The van der Waals surface area contributed by atoms with E-state index in [-0.39, 0.29) is 29.6 Å². The van der Waals surface area contributed by atoms with E-state index in [4.69, 9.17) is 18.9 Å². The molecule has 0 amide bonds. The molecule has 0 aliphatic heterocycles. The Balaban J connectivity index is 2.07. The standard InChI is InChI=1S/C28H32N2O6/c1-6-7-14-20-23(24-21(33-4)15-11-16-22(24)34-5)26(31)25(27(32)30-20)28(29-3)36-18(2)17-35-19-12-9-8-10-13-19/h8-13,15-16H,2,6-7,14,17H2,1,3-5H3,(H2,30,31,32). The first kappa shape index (κ1) is 26.4. The Morgan fingerprint density at radius 3 is 2.28 bits per heavy atom. The minimum Gasteiger partial charge on any atom is -0.506 e. The Hall–Kier alpha value is -4.20. The molecule has 2 aromatic carbocycles. The first-order chi connectivity index (χ1) is 17.4. The summed E-state index contributed by atoms with van der Waals surface area (Å²) in [5.74, 6) is 1.44. The average molecular weight is 493 g/mol. The first-order valence-corrected chi connectivity index (χ1v) is 11.6. The average Bonchev–Trinajstić information content (AvgIpc) is 2.90. The number of aliphatic imine (C=N–C) groups is 1. The third kappa shape index (κ3) is 5.89. The van der Waals surface area contributed by atoms with Crippen molar-refractivity contribution in [1.29, 1.82) is 0 Å². The summed E-state index contributed by atoms with van der Waals surface area (Å²) in [5.41, 5.74) is 0.816. The largest absolute Gasteiger partial charge is 0.506 e. The van der Waals surface area contributed by atoms with E-state index < -0.39 is 5.56 Å². The van der Waals surface area contributed by atoms with E-state index in [1.165, 1.54) is 21.3 Å². The minimum atomic E-state index is -0.534. The number of rotatable bonds is 11. The van der Waals surface area contributed by atoms with Gasteiger partial charge in [0.05, 0.1) is 25.3 Å². The van der Waals surface area contributed by atoms with Crippen LogP contribution in [0, 0.1) is 0 Å². The zero-order valence-electron chi connectivity index (χ0n) is 21.1. The van der Waals surface area contributed by atoms with E-state index in [9.17, 15) is 9.90 Å². The van der Waals surface area contributed by atoms with Gasteiger partial charge in [0.1, 0.15) is 40.9 Å². The minimum absolute atomic E-state index is 0.0312. The van der Waals surface area contributed by atoms with Crippen molar-refractivity contribution in [3.8, 4) is 34.1 Å². The van der Waals surface area contributed by atoms with Gasteiger partial charge in [0.25, 0.3) is 5.56 Å². The molecule has 2 N–H and O–H groups in total. The van der Waals surface area contributed by atoms with Gasteiger partial charge >= 0.3 is 0 Å². The highest BCUT2D eigenvalue weighted by Gasteiger charge is 2.27. The van der Waals surface area contributed by atoms with Crippen LogP contribution in [0.5, 0.6) is 23.0 Å². The molecule has 0 unspecified atom stereocenters. The lowest BCUT2D eigenvalue weighted by Crippen LogP contribution is -2.23. The van der Waals surface area contributed by atoms with Gasteiger partial charge in [0.15, 0.2) is 0 Å². The van der Waals surface area contributed by atoms with Gasteiger partial charge in [-0.25, -0.2) is 0 Å². The second kappa shape index (κ2) is 12.5. The van der Waals surface area contributed by atoms with Crippen molar-refractivity contribution in [3.05, 3.63) is 82.5 Å². The number of hydrogen-bond donors (Lipinski definition) is 2. The zero-order valence-corrected chi connectivity index (χ0v) is 21.1. The topological polar surface area (TPSA) is 102 Å². The molecule has 0 radical (unpaired) electrons. The second-order valence-corrected chi connectivity index (χ2v) is 7.94. The summed E-state index contributed by atoms with van der Waals surface area (Å²) in [6.45, 7) is 5.96. The summed E-state index contributed by atoms with van der Waals surface area (Å²) in [6.07, 6.45) is 2.24. The van der Waals surface area contributed by atoms with Crippen LogP contribution in [0.2, 0.25) is 0 Å². The molecule has 3 rings (SSSR count). The number of aromatic hydroxyl groups is 1. The highest BCUT2D eigenvalue weighted by molar-refractivity contribution is 6.00. The lowest BCUT2D eigenvalue weighted by molar-refractivity contribution is 0.276. The van der Waals surface area contributed by atoms with E-state index in [2.05, 4.69) is 23.5 Å². The molecule has 0 bridgehead atoms. The van der Waals surface area contributed by atoms with E-state index in [1.54, 1.807) is 30.3 Å². The SMILES string of the molecule is C=C(COc1ccccc1)OC(=NC)c1c(O)c(-c2c(OC)cccc2OC)c(CCCC)[nH]c1=O. The summed E-state index contributed by atoms with van der Waals surface area (Å²) in [7, 11) is 4.53. The number of benzene rings is 2. The molecule has 8 heteroatoms. The molecule has 0 saturated carbocycles. The predicted octanol–water partition coefficient (Wildman–Crippen LogP) is 5.09. The third-order valence-electron chi connectivity index (χ3n) is 5.53. The van der Waals surface area contributed by atoms with Gasteiger partial charge in [0.2, 0.25) is 5.90 Å². The Morgan fingerprint density at radius 1 is 1.03 bits per heavy atom. The molecule has 36 heavy (non-hydrogen) atoms. The number of para-hydroxylation sites is 1. The maximum Gasteiger partial charge on any atom is 0.264 e. The molecule has 0 aliphatic carbocycles. The van der Waals surface area contributed by atoms with Crippen molar-refractivity contribution in [1.82, 2.24) is 4.98 Å². The highest BCUT2D eigenvalue weighted by atomic mass is 16.5. The van der Waals surface area contributed by atoms with Gasteiger partial charge in [-0.3, -0.25) is 9.79 Å². The number of aromatic nitrogens is 1. The molecular weight excluding hydrogens is 460 g/mol. The van der Waals surface area contributed by atoms with Crippen LogP contribution in [-0.4, -0.2) is 43.9 Å². The summed E-state index contributed by atoms with van der Waals surface area (Å²) >= 11 is 0. The summed E-state index contributed by atoms with van der Waals surface area (Å²) in [5, 5.41) is 11.5. The molecule has 1 aromatic heterocycles. The molecule has 0 saturated heterocycles. The second-order valence-electron chi connectivity index (χ2n) is 7.94. The van der Waals surface area contributed by atoms with Crippen LogP contribution < -0.4 is 19.8 Å². The lowest BCUT2D eigenvalue weighted by Gasteiger charge is -2.20. The smallest absolute Gasteiger partial charge is 0.264 e. The summed E-state index contributed by atoms with van der Waals surface area (Å²) in [4.78, 5) is 20.2. The molecule has 3 aromatic rings. The number of pyridine rings is 1. The van der Waals surface area contributed by atoms with Crippen molar-refractivity contribution in [2.45, 2.75) is 26.2 Å². The molecule has 190 valence electrons. The highest BCUT2D eigenvalue weighted by Crippen LogP contribution is 2.44. The Morgan fingerprint density at radius 2 is 1.69 bits per heavy atom. The Bertz CT molecular complexity index is 1260. The molecule has 1 heterocycles. The van der Waals surface area contributed by atoms with Crippen molar-refractivity contribution in [3.63, 3.8) is 0 Å².